The topological polar surface area (TPSA) is 0 Å². The van der Waals surface area contributed by atoms with Crippen molar-refractivity contribution in [2.75, 3.05) is 0 Å². The molecule has 0 radical (unpaired) electrons. The minimum absolute atomic E-state index is 0.734. The Morgan fingerprint density at radius 2 is 1.48 bits per heavy atom. The van der Waals surface area contributed by atoms with Gasteiger partial charge in [0.2, 0.25) is 0 Å². The average molecular weight is 385 g/mol. The van der Waals surface area contributed by atoms with Gasteiger partial charge in [0.05, 0.1) is 0 Å². The number of aryl methyl sites for hydroxylation is 1. The Morgan fingerprint density at radius 3 is 2.07 bits per heavy atom. The molecule has 0 aliphatic heterocycles. The van der Waals surface area contributed by atoms with Crippen LogP contribution in [-0.2, 0) is 6.42 Å². The monoisotopic (exact) mass is 384 g/mol. The molecule has 1 saturated carbocycles. The first kappa shape index (κ1) is 21.4. The van der Waals surface area contributed by atoms with E-state index >= 15 is 0 Å². The molecular formula is C29H36. The Morgan fingerprint density at radius 1 is 0.862 bits per heavy atom. The molecule has 0 N–H and O–H groups in total. The van der Waals surface area contributed by atoms with Crippen LogP contribution in [0.25, 0.3) is 0 Å². The first-order chi connectivity index (χ1) is 14.3. The van der Waals surface area contributed by atoms with Crippen molar-refractivity contribution >= 4 is 0 Å². The molecule has 1 aliphatic rings. The Balaban J connectivity index is 1.52. The highest BCUT2D eigenvalue weighted by Crippen LogP contribution is 2.37. The van der Waals surface area contributed by atoms with Crippen LogP contribution in [-0.4, -0.2) is 0 Å². The third-order valence-corrected chi connectivity index (χ3v) is 6.38. The molecule has 2 aromatic carbocycles. The highest BCUT2D eigenvalue weighted by molar-refractivity contribution is 5.44. The maximum Gasteiger partial charge on any atom is 0.0249 e. The Kier molecular flexibility index (Phi) is 8.63. The molecule has 0 spiro atoms. The lowest BCUT2D eigenvalue weighted by molar-refractivity contribution is 0.312. The second kappa shape index (κ2) is 11.7. The van der Waals surface area contributed by atoms with Gasteiger partial charge in [0.15, 0.2) is 0 Å². The number of hydrogen-bond acceptors (Lipinski definition) is 0. The van der Waals surface area contributed by atoms with E-state index < -0.39 is 0 Å². The van der Waals surface area contributed by atoms with Crippen LogP contribution in [0.3, 0.4) is 0 Å². The molecule has 3 rings (SSSR count). The molecule has 2 aromatic rings. The number of unbranched alkanes of at least 4 members (excludes halogenated alkanes) is 2. The lowest BCUT2D eigenvalue weighted by atomic mass is 9.77. The second-order valence-corrected chi connectivity index (χ2v) is 8.61. The Bertz CT molecular complexity index is 790. The summed E-state index contributed by atoms with van der Waals surface area (Å²) in [5.41, 5.74) is 5.13. The van der Waals surface area contributed by atoms with E-state index in [1.165, 1.54) is 75.3 Å². The minimum Gasteiger partial charge on any atom is -0.103 e. The molecule has 1 aliphatic carbocycles. The van der Waals surface area contributed by atoms with E-state index in [0.29, 0.717) is 0 Å². The second-order valence-electron chi connectivity index (χ2n) is 8.61. The first-order valence-corrected chi connectivity index (χ1v) is 11.6. The van der Waals surface area contributed by atoms with Gasteiger partial charge in [-0.25, -0.2) is 0 Å². The maximum absolute atomic E-state index is 3.86. The van der Waals surface area contributed by atoms with Gasteiger partial charge < -0.3 is 0 Å². The normalized spacial score (nSPS) is 18.7. The van der Waals surface area contributed by atoms with Crippen molar-refractivity contribution in [3.8, 4) is 11.8 Å². The third-order valence-electron chi connectivity index (χ3n) is 6.38. The lowest BCUT2D eigenvalue weighted by Crippen LogP contribution is -2.13. The number of rotatable bonds is 8. The summed E-state index contributed by atoms with van der Waals surface area (Å²) < 4.78 is 0. The average Bonchev–Trinajstić information content (AvgIpc) is 2.78. The van der Waals surface area contributed by atoms with Crippen molar-refractivity contribution in [1.82, 2.24) is 0 Å². The van der Waals surface area contributed by atoms with Crippen LogP contribution in [0.2, 0.25) is 0 Å². The van der Waals surface area contributed by atoms with Gasteiger partial charge in [-0.15, -0.1) is 6.58 Å². The summed E-state index contributed by atoms with van der Waals surface area (Å²) in [7, 11) is 0. The fourth-order valence-electron chi connectivity index (χ4n) is 4.45. The van der Waals surface area contributed by atoms with Gasteiger partial charge in [-0.3, -0.25) is 0 Å². The molecule has 0 nitrogen and oxygen atoms in total. The molecule has 1 fully saturated rings. The van der Waals surface area contributed by atoms with E-state index in [0.717, 1.165) is 23.0 Å². The largest absolute Gasteiger partial charge is 0.103 e. The summed E-state index contributed by atoms with van der Waals surface area (Å²) in [6, 6.07) is 17.8. The third kappa shape index (κ3) is 6.93. The summed E-state index contributed by atoms with van der Waals surface area (Å²) in [5.74, 6) is 8.30. The zero-order chi connectivity index (χ0) is 20.3. The van der Waals surface area contributed by atoms with Gasteiger partial charge in [-0.1, -0.05) is 61.9 Å². The Labute approximate surface area is 178 Å². The van der Waals surface area contributed by atoms with E-state index in [9.17, 15) is 0 Å². The molecule has 0 bridgehead atoms. The van der Waals surface area contributed by atoms with Crippen molar-refractivity contribution in [1.29, 1.82) is 0 Å². The molecule has 0 amide bonds. The number of hydrogen-bond donors (Lipinski definition) is 0. The maximum atomic E-state index is 3.86. The van der Waals surface area contributed by atoms with Crippen LogP contribution >= 0.6 is 0 Å². The lowest BCUT2D eigenvalue weighted by Gasteiger charge is -2.28. The van der Waals surface area contributed by atoms with Gasteiger partial charge in [0.25, 0.3) is 0 Å². The molecule has 0 saturated heterocycles. The molecule has 0 heteroatoms. The van der Waals surface area contributed by atoms with Gasteiger partial charge in [-0.05, 0) is 98.6 Å². The van der Waals surface area contributed by atoms with E-state index in [-0.39, 0.29) is 0 Å². The van der Waals surface area contributed by atoms with Crippen molar-refractivity contribution in [3.05, 3.63) is 83.4 Å². The van der Waals surface area contributed by atoms with E-state index in [2.05, 4.69) is 80.0 Å². The standard InChI is InChI=1S/C29H36/c1-3-5-7-9-25-10-12-26(13-11-25)14-15-27-18-22-29(23-19-27)28-20-16-24(17-21-28)8-6-4-2/h4,10-13,18-19,22-24,28H,2-3,5-9,16-17,20-21H2,1H3. The highest BCUT2D eigenvalue weighted by atomic mass is 14.3. The molecule has 152 valence electrons. The first-order valence-electron chi connectivity index (χ1n) is 11.6. The fraction of sp³-hybridized carbons (Fsp3) is 0.448. The summed E-state index contributed by atoms with van der Waals surface area (Å²) in [6.07, 6.45) is 15.0. The zero-order valence-electron chi connectivity index (χ0n) is 18.1. The van der Waals surface area contributed by atoms with Crippen LogP contribution in [0.4, 0.5) is 0 Å². The van der Waals surface area contributed by atoms with Crippen molar-refractivity contribution in [3.63, 3.8) is 0 Å². The highest BCUT2D eigenvalue weighted by Gasteiger charge is 2.21. The molecule has 29 heavy (non-hydrogen) atoms. The van der Waals surface area contributed by atoms with E-state index in [4.69, 9.17) is 0 Å². The summed E-state index contributed by atoms with van der Waals surface area (Å²) in [5, 5.41) is 0. The van der Waals surface area contributed by atoms with Crippen LogP contribution in [0.15, 0.2) is 61.2 Å². The number of allylic oxidation sites excluding steroid dienone is 1. The van der Waals surface area contributed by atoms with Crippen molar-refractivity contribution in [2.45, 2.75) is 77.0 Å². The molecule has 0 unspecified atom stereocenters. The SMILES string of the molecule is C=CCCC1CCC(c2ccc(C#Cc3ccc(CCCCC)cc3)cc2)CC1. The van der Waals surface area contributed by atoms with E-state index in [1.54, 1.807) is 0 Å². The van der Waals surface area contributed by atoms with Gasteiger partial charge in [-0.2, -0.15) is 0 Å². The molecule has 0 atom stereocenters. The zero-order valence-corrected chi connectivity index (χ0v) is 18.1. The van der Waals surface area contributed by atoms with Gasteiger partial charge >= 0.3 is 0 Å². The summed E-state index contributed by atoms with van der Waals surface area (Å²) >= 11 is 0. The van der Waals surface area contributed by atoms with Crippen LogP contribution < -0.4 is 0 Å². The van der Waals surface area contributed by atoms with Gasteiger partial charge in [0, 0.05) is 11.1 Å². The summed E-state index contributed by atoms with van der Waals surface area (Å²) in [6.45, 7) is 6.11. The van der Waals surface area contributed by atoms with Crippen LogP contribution in [0.1, 0.15) is 92.9 Å². The molecule has 0 heterocycles. The van der Waals surface area contributed by atoms with Crippen LogP contribution in [0.5, 0.6) is 0 Å². The van der Waals surface area contributed by atoms with Gasteiger partial charge in [0.1, 0.15) is 0 Å². The fourth-order valence-corrected chi connectivity index (χ4v) is 4.45. The van der Waals surface area contributed by atoms with Crippen molar-refractivity contribution < 1.29 is 0 Å². The molecule has 0 aromatic heterocycles. The van der Waals surface area contributed by atoms with Crippen LogP contribution in [0, 0.1) is 17.8 Å². The summed E-state index contributed by atoms with van der Waals surface area (Å²) in [4.78, 5) is 0. The predicted molar refractivity (Wildman–Crippen MR) is 126 cm³/mol. The van der Waals surface area contributed by atoms with E-state index in [1.807, 2.05) is 0 Å². The minimum atomic E-state index is 0.734. The number of benzene rings is 2. The molecular weight excluding hydrogens is 348 g/mol. The quantitative estimate of drug-likeness (QED) is 0.245. The Hall–Kier alpha value is -2.26. The predicted octanol–water partition coefficient (Wildman–Crippen LogP) is 8.06. The smallest absolute Gasteiger partial charge is 0.0249 e. The van der Waals surface area contributed by atoms with Crippen molar-refractivity contribution in [2.24, 2.45) is 5.92 Å².